The van der Waals surface area contributed by atoms with Crippen LogP contribution in [0, 0.1) is 0 Å². The molecule has 1 unspecified atom stereocenters. The molecule has 2 N–H and O–H groups in total. The number of aromatic nitrogens is 1. The molecule has 108 valence electrons. The highest BCUT2D eigenvalue weighted by molar-refractivity contribution is 7.15. The van der Waals surface area contributed by atoms with E-state index in [4.69, 9.17) is 15.5 Å². The van der Waals surface area contributed by atoms with E-state index in [9.17, 15) is 0 Å². The summed E-state index contributed by atoms with van der Waals surface area (Å²) < 4.78 is 5.95. The zero-order chi connectivity index (χ0) is 14.0. The van der Waals surface area contributed by atoms with Crippen LogP contribution in [0.25, 0.3) is 0 Å². The van der Waals surface area contributed by atoms with Gasteiger partial charge in [-0.1, -0.05) is 13.3 Å². The van der Waals surface area contributed by atoms with E-state index in [0.717, 1.165) is 31.1 Å². The lowest BCUT2D eigenvalue weighted by atomic mass is 10.1. The van der Waals surface area contributed by atoms with E-state index in [-0.39, 0.29) is 11.7 Å². The van der Waals surface area contributed by atoms with Crippen molar-refractivity contribution in [3.63, 3.8) is 0 Å². The summed E-state index contributed by atoms with van der Waals surface area (Å²) in [5.74, 6) is 0. The third-order valence-electron chi connectivity index (χ3n) is 3.28. The standard InChI is InChI=1S/C14H25N3OS/c1-5-6-11-12(7-15)19-13(16-11)17-8-10(2)18-14(3,4)9-17/h10H,5-9,15H2,1-4H3. The number of ether oxygens (including phenoxy) is 1. The number of nitrogens with two attached hydrogens (primary N) is 1. The summed E-state index contributed by atoms with van der Waals surface area (Å²) in [4.78, 5) is 8.38. The van der Waals surface area contributed by atoms with Crippen molar-refractivity contribution in [1.82, 2.24) is 4.98 Å². The van der Waals surface area contributed by atoms with Crippen LogP contribution in [0.3, 0.4) is 0 Å². The van der Waals surface area contributed by atoms with Gasteiger partial charge in [0.05, 0.1) is 17.4 Å². The van der Waals surface area contributed by atoms with E-state index < -0.39 is 0 Å². The van der Waals surface area contributed by atoms with Gasteiger partial charge in [0, 0.05) is 24.5 Å². The third-order valence-corrected chi connectivity index (χ3v) is 4.46. The summed E-state index contributed by atoms with van der Waals surface area (Å²) in [5.41, 5.74) is 6.90. The Bertz CT molecular complexity index is 430. The molecule has 1 aromatic rings. The van der Waals surface area contributed by atoms with Gasteiger partial charge in [-0.2, -0.15) is 0 Å². The van der Waals surface area contributed by atoms with Crippen LogP contribution in [0.1, 0.15) is 44.7 Å². The Kier molecular flexibility index (Phi) is 4.48. The van der Waals surface area contributed by atoms with Crippen molar-refractivity contribution in [2.75, 3.05) is 18.0 Å². The molecular weight excluding hydrogens is 258 g/mol. The van der Waals surface area contributed by atoms with Gasteiger partial charge in [0.1, 0.15) is 0 Å². The SMILES string of the molecule is CCCc1nc(N2CC(C)OC(C)(C)C2)sc1CN. The summed E-state index contributed by atoms with van der Waals surface area (Å²) >= 11 is 1.74. The molecule has 0 aromatic carbocycles. The third kappa shape index (κ3) is 3.46. The average Bonchev–Trinajstić information content (AvgIpc) is 2.70. The molecule has 1 saturated heterocycles. The van der Waals surface area contributed by atoms with E-state index in [2.05, 4.69) is 32.6 Å². The van der Waals surface area contributed by atoms with Gasteiger partial charge in [-0.05, 0) is 27.2 Å². The quantitative estimate of drug-likeness (QED) is 0.922. The molecule has 0 saturated carbocycles. The van der Waals surface area contributed by atoms with Gasteiger partial charge < -0.3 is 15.4 Å². The Labute approximate surface area is 120 Å². The molecule has 0 aliphatic carbocycles. The largest absolute Gasteiger partial charge is 0.369 e. The van der Waals surface area contributed by atoms with Gasteiger partial charge >= 0.3 is 0 Å². The first kappa shape index (κ1) is 14.8. The minimum Gasteiger partial charge on any atom is -0.369 e. The minimum atomic E-state index is -0.114. The number of morpholine rings is 1. The second-order valence-electron chi connectivity index (χ2n) is 5.89. The minimum absolute atomic E-state index is 0.114. The molecule has 0 radical (unpaired) electrons. The van der Waals surface area contributed by atoms with E-state index in [1.807, 2.05) is 0 Å². The second-order valence-corrected chi connectivity index (χ2v) is 6.95. The lowest BCUT2D eigenvalue weighted by Crippen LogP contribution is -2.52. The van der Waals surface area contributed by atoms with Crippen LogP contribution < -0.4 is 10.6 Å². The van der Waals surface area contributed by atoms with Gasteiger partial charge in [0.2, 0.25) is 0 Å². The Balaban J connectivity index is 2.21. The molecule has 1 atom stereocenters. The van der Waals surface area contributed by atoms with Crippen LogP contribution in [-0.4, -0.2) is 29.8 Å². The van der Waals surface area contributed by atoms with Gasteiger partial charge in [0.25, 0.3) is 0 Å². The van der Waals surface area contributed by atoms with Gasteiger partial charge in [-0.15, -0.1) is 11.3 Å². The highest BCUT2D eigenvalue weighted by Gasteiger charge is 2.32. The van der Waals surface area contributed by atoms with Crippen molar-refractivity contribution in [3.8, 4) is 0 Å². The molecular formula is C14H25N3OS. The van der Waals surface area contributed by atoms with Gasteiger partial charge in [-0.3, -0.25) is 0 Å². The van der Waals surface area contributed by atoms with E-state index in [1.165, 1.54) is 10.6 Å². The normalized spacial score (nSPS) is 22.8. The number of rotatable bonds is 4. The molecule has 1 fully saturated rings. The van der Waals surface area contributed by atoms with Crippen molar-refractivity contribution in [1.29, 1.82) is 0 Å². The first-order valence-corrected chi connectivity index (χ1v) is 7.88. The highest BCUT2D eigenvalue weighted by Crippen LogP contribution is 2.31. The molecule has 2 heterocycles. The van der Waals surface area contributed by atoms with Crippen molar-refractivity contribution in [2.45, 2.75) is 58.8 Å². The fourth-order valence-corrected chi connectivity index (χ4v) is 3.69. The first-order chi connectivity index (χ1) is 8.95. The monoisotopic (exact) mass is 283 g/mol. The summed E-state index contributed by atoms with van der Waals surface area (Å²) in [6, 6.07) is 0. The molecule has 2 rings (SSSR count). The summed E-state index contributed by atoms with van der Waals surface area (Å²) in [7, 11) is 0. The smallest absolute Gasteiger partial charge is 0.186 e. The molecule has 0 bridgehead atoms. The molecule has 5 heteroatoms. The number of hydrogen-bond donors (Lipinski definition) is 1. The Morgan fingerprint density at radius 3 is 2.84 bits per heavy atom. The van der Waals surface area contributed by atoms with Crippen LogP contribution in [0.5, 0.6) is 0 Å². The fraction of sp³-hybridized carbons (Fsp3) is 0.786. The number of hydrogen-bond acceptors (Lipinski definition) is 5. The van der Waals surface area contributed by atoms with Crippen LogP contribution in [-0.2, 0) is 17.7 Å². The van der Waals surface area contributed by atoms with Crippen molar-refractivity contribution in [2.24, 2.45) is 5.73 Å². The number of aryl methyl sites for hydroxylation is 1. The number of nitrogens with zero attached hydrogens (tertiary/aromatic N) is 2. The molecule has 4 nitrogen and oxygen atoms in total. The number of anilines is 1. The Morgan fingerprint density at radius 1 is 1.53 bits per heavy atom. The summed E-state index contributed by atoms with van der Waals surface area (Å²) in [6.07, 6.45) is 2.37. The average molecular weight is 283 g/mol. The maximum absolute atomic E-state index is 5.95. The lowest BCUT2D eigenvalue weighted by molar-refractivity contribution is -0.0749. The zero-order valence-electron chi connectivity index (χ0n) is 12.4. The van der Waals surface area contributed by atoms with Crippen molar-refractivity contribution in [3.05, 3.63) is 10.6 Å². The number of thiazole rings is 1. The van der Waals surface area contributed by atoms with E-state index in [1.54, 1.807) is 11.3 Å². The van der Waals surface area contributed by atoms with Crippen LogP contribution >= 0.6 is 11.3 Å². The highest BCUT2D eigenvalue weighted by atomic mass is 32.1. The maximum Gasteiger partial charge on any atom is 0.186 e. The molecule has 19 heavy (non-hydrogen) atoms. The maximum atomic E-state index is 5.95. The van der Waals surface area contributed by atoms with E-state index >= 15 is 0 Å². The first-order valence-electron chi connectivity index (χ1n) is 7.06. The van der Waals surface area contributed by atoms with Crippen LogP contribution in [0.15, 0.2) is 0 Å². The lowest BCUT2D eigenvalue weighted by Gasteiger charge is -2.41. The van der Waals surface area contributed by atoms with E-state index in [0.29, 0.717) is 6.54 Å². The fourth-order valence-electron chi connectivity index (χ4n) is 2.70. The topological polar surface area (TPSA) is 51.4 Å². The van der Waals surface area contributed by atoms with Crippen LogP contribution in [0.4, 0.5) is 5.13 Å². The molecule has 0 amide bonds. The van der Waals surface area contributed by atoms with Crippen molar-refractivity contribution >= 4 is 16.5 Å². The second kappa shape index (κ2) is 5.77. The predicted octanol–water partition coefficient (Wildman–Crippen LogP) is 2.56. The molecule has 1 aromatic heterocycles. The predicted molar refractivity (Wildman–Crippen MR) is 80.8 cm³/mol. The summed E-state index contributed by atoms with van der Waals surface area (Å²) in [5, 5.41) is 1.10. The Morgan fingerprint density at radius 2 is 2.26 bits per heavy atom. The van der Waals surface area contributed by atoms with Gasteiger partial charge in [-0.25, -0.2) is 4.98 Å². The Hall–Kier alpha value is -0.650. The molecule has 1 aliphatic heterocycles. The zero-order valence-corrected chi connectivity index (χ0v) is 13.2. The molecule has 0 spiro atoms. The van der Waals surface area contributed by atoms with Crippen LogP contribution in [0.2, 0.25) is 0 Å². The molecule has 1 aliphatic rings. The van der Waals surface area contributed by atoms with Gasteiger partial charge in [0.15, 0.2) is 5.13 Å². The van der Waals surface area contributed by atoms with Crippen molar-refractivity contribution < 1.29 is 4.74 Å². The summed E-state index contributed by atoms with van der Waals surface area (Å²) in [6.45, 7) is 11.0.